The lowest BCUT2D eigenvalue weighted by atomic mass is 9.80. The van der Waals surface area contributed by atoms with E-state index in [1.807, 2.05) is 6.07 Å². The summed E-state index contributed by atoms with van der Waals surface area (Å²) < 4.78 is 5.17. The van der Waals surface area contributed by atoms with E-state index in [9.17, 15) is 14.4 Å². The minimum absolute atomic E-state index is 0.0517. The molecule has 0 spiro atoms. The van der Waals surface area contributed by atoms with Crippen LogP contribution in [-0.4, -0.2) is 34.5 Å². The Hall–Kier alpha value is -2.37. The van der Waals surface area contributed by atoms with Gasteiger partial charge in [0.1, 0.15) is 5.75 Å². The monoisotopic (exact) mass is 292 g/mol. The van der Waals surface area contributed by atoms with Crippen molar-refractivity contribution in [2.75, 3.05) is 6.61 Å². The van der Waals surface area contributed by atoms with E-state index in [2.05, 4.69) is 0 Å². The van der Waals surface area contributed by atoms with Gasteiger partial charge in [0.15, 0.2) is 12.4 Å². The molecule has 0 amide bonds. The standard InChI is InChI=1S/C15H16O6/c16-12(17)7-6-10-5-4-9-2-1-3-11(14(9)15(10)20)21-8-13(18)19/h1-3,10H,4-8H2,(H,16,17)(H,18,19)/t10-/m1/s1. The van der Waals surface area contributed by atoms with Crippen LogP contribution in [0.4, 0.5) is 0 Å². The van der Waals surface area contributed by atoms with Crippen LogP contribution < -0.4 is 4.74 Å². The van der Waals surface area contributed by atoms with E-state index in [1.165, 1.54) is 0 Å². The minimum Gasteiger partial charge on any atom is -0.481 e. The Morgan fingerprint density at radius 3 is 2.67 bits per heavy atom. The molecule has 1 aliphatic rings. The number of aliphatic carboxylic acids is 2. The van der Waals surface area contributed by atoms with Crippen molar-refractivity contribution < 1.29 is 29.3 Å². The molecular formula is C15H16O6. The molecule has 6 nitrogen and oxygen atoms in total. The Labute approximate surface area is 121 Å². The van der Waals surface area contributed by atoms with Gasteiger partial charge in [0.05, 0.1) is 5.56 Å². The predicted octanol–water partition coefficient (Wildman–Crippen LogP) is 1.76. The minimum atomic E-state index is -1.11. The molecule has 0 saturated carbocycles. The number of ether oxygens (including phenoxy) is 1. The molecule has 0 aromatic heterocycles. The lowest BCUT2D eigenvalue weighted by molar-refractivity contribution is -0.139. The third-order valence-corrected chi connectivity index (χ3v) is 3.55. The van der Waals surface area contributed by atoms with E-state index in [4.69, 9.17) is 14.9 Å². The molecule has 0 aliphatic heterocycles. The van der Waals surface area contributed by atoms with Crippen molar-refractivity contribution in [3.8, 4) is 5.75 Å². The number of fused-ring (bicyclic) bond motifs is 1. The maximum atomic E-state index is 12.5. The Bertz CT molecular complexity index is 578. The molecule has 21 heavy (non-hydrogen) atoms. The number of ketones is 1. The van der Waals surface area contributed by atoms with Crippen LogP contribution >= 0.6 is 0 Å². The van der Waals surface area contributed by atoms with Crippen LogP contribution in [0.25, 0.3) is 0 Å². The molecule has 0 bridgehead atoms. The Morgan fingerprint density at radius 2 is 2.00 bits per heavy atom. The van der Waals surface area contributed by atoms with E-state index in [0.717, 1.165) is 5.56 Å². The average molecular weight is 292 g/mol. The maximum Gasteiger partial charge on any atom is 0.341 e. The van der Waals surface area contributed by atoms with Gasteiger partial charge in [-0.2, -0.15) is 0 Å². The number of carboxylic acids is 2. The highest BCUT2D eigenvalue weighted by Crippen LogP contribution is 2.34. The first-order chi connectivity index (χ1) is 9.99. The first-order valence-electron chi connectivity index (χ1n) is 6.71. The molecule has 0 saturated heterocycles. The van der Waals surface area contributed by atoms with Gasteiger partial charge in [-0.3, -0.25) is 9.59 Å². The highest BCUT2D eigenvalue weighted by atomic mass is 16.5. The number of aryl methyl sites for hydroxylation is 1. The second-order valence-corrected chi connectivity index (χ2v) is 5.00. The maximum absolute atomic E-state index is 12.5. The summed E-state index contributed by atoms with van der Waals surface area (Å²) in [6.07, 6.45) is 1.52. The van der Waals surface area contributed by atoms with Crippen molar-refractivity contribution >= 4 is 17.7 Å². The third kappa shape index (κ3) is 3.59. The van der Waals surface area contributed by atoms with Gasteiger partial charge in [-0.15, -0.1) is 0 Å². The van der Waals surface area contributed by atoms with Gasteiger partial charge >= 0.3 is 11.9 Å². The highest BCUT2D eigenvalue weighted by Gasteiger charge is 2.30. The molecule has 0 radical (unpaired) electrons. The van der Waals surface area contributed by atoms with E-state index in [-0.39, 0.29) is 23.9 Å². The quantitative estimate of drug-likeness (QED) is 0.828. The largest absolute Gasteiger partial charge is 0.481 e. The zero-order valence-electron chi connectivity index (χ0n) is 11.4. The molecule has 0 heterocycles. The molecule has 1 aromatic carbocycles. The summed E-state index contributed by atoms with van der Waals surface area (Å²) in [5, 5.41) is 17.4. The SMILES string of the molecule is O=C(O)CC[C@H]1CCc2cccc(OCC(=O)O)c2C1=O. The molecule has 1 aliphatic carbocycles. The van der Waals surface area contributed by atoms with Crippen molar-refractivity contribution in [2.45, 2.75) is 25.7 Å². The van der Waals surface area contributed by atoms with E-state index < -0.39 is 18.5 Å². The number of rotatable bonds is 6. The van der Waals surface area contributed by atoms with Crippen molar-refractivity contribution in [1.29, 1.82) is 0 Å². The van der Waals surface area contributed by atoms with Gasteiger partial charge in [-0.25, -0.2) is 4.79 Å². The molecule has 1 aromatic rings. The lowest BCUT2D eigenvalue weighted by Crippen LogP contribution is -2.24. The number of carbonyl (C=O) groups is 3. The van der Waals surface area contributed by atoms with Gasteiger partial charge in [0.2, 0.25) is 0 Å². The molecule has 1 atom stereocenters. The number of hydrogen-bond donors (Lipinski definition) is 2. The summed E-state index contributed by atoms with van der Waals surface area (Å²) in [5.41, 5.74) is 1.23. The summed E-state index contributed by atoms with van der Waals surface area (Å²) in [4.78, 5) is 33.7. The van der Waals surface area contributed by atoms with Gasteiger partial charge in [0.25, 0.3) is 0 Å². The van der Waals surface area contributed by atoms with Crippen LogP contribution in [0.5, 0.6) is 5.75 Å². The number of hydrogen-bond acceptors (Lipinski definition) is 4. The molecule has 2 N–H and O–H groups in total. The summed E-state index contributed by atoms with van der Waals surface area (Å²) in [5.74, 6) is -2.27. The topological polar surface area (TPSA) is 101 Å². The van der Waals surface area contributed by atoms with Crippen LogP contribution in [0, 0.1) is 5.92 Å². The van der Waals surface area contributed by atoms with Crippen molar-refractivity contribution in [1.82, 2.24) is 0 Å². The summed E-state index contributed by atoms with van der Waals surface area (Å²) in [7, 11) is 0. The summed E-state index contributed by atoms with van der Waals surface area (Å²) >= 11 is 0. The number of benzene rings is 1. The molecule has 0 unspecified atom stereocenters. The van der Waals surface area contributed by atoms with E-state index in [0.29, 0.717) is 24.8 Å². The zero-order valence-corrected chi connectivity index (χ0v) is 11.4. The highest BCUT2D eigenvalue weighted by molar-refractivity contribution is 6.02. The first kappa shape index (κ1) is 15.0. The van der Waals surface area contributed by atoms with Gasteiger partial charge in [0, 0.05) is 12.3 Å². The number of carboxylic acid groups (broad SMARTS) is 2. The predicted molar refractivity (Wildman–Crippen MR) is 72.6 cm³/mol. The van der Waals surface area contributed by atoms with Crippen molar-refractivity contribution in [3.63, 3.8) is 0 Å². The zero-order chi connectivity index (χ0) is 15.4. The average Bonchev–Trinajstić information content (AvgIpc) is 2.44. The van der Waals surface area contributed by atoms with E-state index >= 15 is 0 Å². The van der Waals surface area contributed by atoms with Crippen molar-refractivity contribution in [3.05, 3.63) is 29.3 Å². The van der Waals surface area contributed by atoms with Crippen molar-refractivity contribution in [2.24, 2.45) is 5.92 Å². The van der Waals surface area contributed by atoms with Crippen LogP contribution in [-0.2, 0) is 16.0 Å². The first-order valence-corrected chi connectivity index (χ1v) is 6.71. The molecule has 2 rings (SSSR count). The van der Waals surface area contributed by atoms with Gasteiger partial charge in [-0.05, 0) is 30.9 Å². The van der Waals surface area contributed by atoms with Gasteiger partial charge < -0.3 is 14.9 Å². The van der Waals surface area contributed by atoms with Crippen LogP contribution in [0.3, 0.4) is 0 Å². The van der Waals surface area contributed by atoms with Crippen LogP contribution in [0.2, 0.25) is 0 Å². The Balaban J connectivity index is 2.21. The van der Waals surface area contributed by atoms with Crippen LogP contribution in [0.15, 0.2) is 18.2 Å². The number of Topliss-reactive ketones (excluding diaryl/α,β-unsaturated/α-hetero) is 1. The molecule has 6 heteroatoms. The Kier molecular flexibility index (Phi) is 4.57. The summed E-state index contributed by atoms with van der Waals surface area (Å²) in [6.45, 7) is -0.510. The third-order valence-electron chi connectivity index (χ3n) is 3.55. The fraction of sp³-hybridized carbons (Fsp3) is 0.400. The lowest BCUT2D eigenvalue weighted by Gasteiger charge is -2.24. The molecule has 0 fully saturated rings. The summed E-state index contributed by atoms with van der Waals surface area (Å²) in [6, 6.07) is 5.11. The second-order valence-electron chi connectivity index (χ2n) is 5.00. The Morgan fingerprint density at radius 1 is 1.24 bits per heavy atom. The van der Waals surface area contributed by atoms with Gasteiger partial charge in [-0.1, -0.05) is 12.1 Å². The van der Waals surface area contributed by atoms with Crippen LogP contribution in [0.1, 0.15) is 35.2 Å². The molecular weight excluding hydrogens is 276 g/mol. The van der Waals surface area contributed by atoms with E-state index in [1.54, 1.807) is 12.1 Å². The normalized spacial score (nSPS) is 17.1. The fourth-order valence-corrected chi connectivity index (χ4v) is 2.56. The molecule has 112 valence electrons. The number of carbonyl (C=O) groups excluding carboxylic acids is 1. The second kappa shape index (κ2) is 6.39. The smallest absolute Gasteiger partial charge is 0.341 e. The fourth-order valence-electron chi connectivity index (χ4n) is 2.56.